The monoisotopic (exact) mass is 283 g/mol. The molecule has 0 aliphatic carbocycles. The third-order valence-corrected chi connectivity index (χ3v) is 4.49. The maximum atomic E-state index is 11.0. The van der Waals surface area contributed by atoms with Gasteiger partial charge < -0.3 is 0 Å². The van der Waals surface area contributed by atoms with Crippen LogP contribution < -0.4 is 0 Å². The van der Waals surface area contributed by atoms with Gasteiger partial charge in [-0.05, 0) is 18.9 Å². The Hall–Kier alpha value is 0.390. The Morgan fingerprint density at radius 1 is 1.50 bits per heavy atom. The van der Waals surface area contributed by atoms with Gasteiger partial charge in [-0.3, -0.25) is 4.90 Å². The Labute approximate surface area is 94.9 Å². The van der Waals surface area contributed by atoms with Crippen molar-refractivity contribution >= 4 is 25.8 Å². The van der Waals surface area contributed by atoms with Crippen LogP contribution in [0.15, 0.2) is 0 Å². The van der Waals surface area contributed by atoms with Crippen LogP contribution in [0.2, 0.25) is 0 Å². The third kappa shape index (κ3) is 3.51. The highest BCUT2D eigenvalue weighted by atomic mass is 79.9. The summed E-state index contributed by atoms with van der Waals surface area (Å²) in [7, 11) is -2.82. The lowest BCUT2D eigenvalue weighted by Crippen LogP contribution is -2.36. The molecule has 5 heteroatoms. The zero-order valence-corrected chi connectivity index (χ0v) is 11.1. The van der Waals surface area contributed by atoms with E-state index < -0.39 is 9.84 Å². The summed E-state index contributed by atoms with van der Waals surface area (Å²) >= 11 is 3.49. The summed E-state index contributed by atoms with van der Waals surface area (Å²) in [5, 5.41) is 0.942. The normalized spacial score (nSPS) is 29.6. The molecule has 3 nitrogen and oxygen atoms in total. The molecule has 0 N–H and O–H groups in total. The fourth-order valence-corrected chi connectivity index (χ4v) is 3.51. The average Bonchev–Trinajstić information content (AvgIpc) is 2.41. The largest absolute Gasteiger partial charge is 0.298 e. The highest BCUT2D eigenvalue weighted by Crippen LogP contribution is 2.24. The van der Waals surface area contributed by atoms with Crippen molar-refractivity contribution in [2.45, 2.75) is 19.4 Å². The minimum Gasteiger partial charge on any atom is -0.298 e. The summed E-state index contributed by atoms with van der Waals surface area (Å²) in [6.45, 7) is 3.94. The van der Waals surface area contributed by atoms with E-state index in [2.05, 4.69) is 27.8 Å². The van der Waals surface area contributed by atoms with E-state index in [-0.39, 0.29) is 5.75 Å². The molecule has 0 aromatic carbocycles. The van der Waals surface area contributed by atoms with Crippen LogP contribution in [-0.4, -0.2) is 49.8 Å². The molecule has 14 heavy (non-hydrogen) atoms. The fraction of sp³-hybridized carbons (Fsp3) is 1.00. The van der Waals surface area contributed by atoms with Crippen molar-refractivity contribution in [3.05, 3.63) is 0 Å². The van der Waals surface area contributed by atoms with Crippen LogP contribution in [0.3, 0.4) is 0 Å². The summed E-state index contributed by atoms with van der Waals surface area (Å²) in [4.78, 5) is 2.28. The van der Waals surface area contributed by atoms with Gasteiger partial charge in [-0.1, -0.05) is 22.9 Å². The highest BCUT2D eigenvalue weighted by Gasteiger charge is 2.30. The zero-order valence-electron chi connectivity index (χ0n) is 8.74. The number of likely N-dealkylation sites (tertiary alicyclic amines) is 1. The second kappa shape index (κ2) is 4.94. The Kier molecular flexibility index (Phi) is 4.40. The van der Waals surface area contributed by atoms with E-state index in [4.69, 9.17) is 0 Å². The molecule has 0 spiro atoms. The van der Waals surface area contributed by atoms with Gasteiger partial charge in [0.2, 0.25) is 0 Å². The predicted octanol–water partition coefficient (Wildman–Crippen LogP) is 1.14. The van der Waals surface area contributed by atoms with E-state index >= 15 is 0 Å². The molecular weight excluding hydrogens is 266 g/mol. The van der Waals surface area contributed by atoms with Crippen LogP contribution in [0.1, 0.15) is 13.3 Å². The van der Waals surface area contributed by atoms with Crippen molar-refractivity contribution < 1.29 is 8.42 Å². The SMILES string of the molecule is CC1CCN(CCS(C)(=O)=O)C1CBr. The van der Waals surface area contributed by atoms with Crippen molar-refractivity contribution in [2.24, 2.45) is 5.92 Å². The van der Waals surface area contributed by atoms with Crippen molar-refractivity contribution in [1.82, 2.24) is 4.90 Å². The molecule has 0 aromatic rings. The molecular formula is C9H18BrNO2S. The van der Waals surface area contributed by atoms with E-state index in [9.17, 15) is 8.42 Å². The molecule has 0 bridgehead atoms. The van der Waals surface area contributed by atoms with E-state index in [1.54, 1.807) is 0 Å². The smallest absolute Gasteiger partial charge is 0.148 e. The van der Waals surface area contributed by atoms with Gasteiger partial charge in [-0.25, -0.2) is 8.42 Å². The number of rotatable bonds is 4. The van der Waals surface area contributed by atoms with Crippen molar-refractivity contribution in [2.75, 3.05) is 30.4 Å². The molecule has 2 atom stereocenters. The lowest BCUT2D eigenvalue weighted by Gasteiger charge is -2.24. The zero-order chi connectivity index (χ0) is 10.8. The maximum Gasteiger partial charge on any atom is 0.148 e. The third-order valence-electron chi connectivity index (χ3n) is 2.90. The van der Waals surface area contributed by atoms with Crippen LogP contribution >= 0.6 is 15.9 Å². The molecule has 1 fully saturated rings. The Bertz CT molecular complexity index is 279. The van der Waals surface area contributed by atoms with E-state index in [0.717, 1.165) is 11.9 Å². The Morgan fingerprint density at radius 3 is 2.64 bits per heavy atom. The van der Waals surface area contributed by atoms with Gasteiger partial charge >= 0.3 is 0 Å². The Morgan fingerprint density at radius 2 is 2.14 bits per heavy atom. The number of sulfone groups is 1. The number of hydrogen-bond donors (Lipinski definition) is 0. The molecule has 2 unspecified atom stereocenters. The molecule has 1 aliphatic rings. The summed E-state index contributed by atoms with van der Waals surface area (Å²) in [5.41, 5.74) is 0. The number of alkyl halides is 1. The lowest BCUT2D eigenvalue weighted by molar-refractivity contribution is 0.266. The maximum absolute atomic E-state index is 11.0. The van der Waals surface area contributed by atoms with Gasteiger partial charge in [-0.2, -0.15) is 0 Å². The standard InChI is InChI=1S/C9H18BrNO2S/c1-8-3-4-11(9(8)7-10)5-6-14(2,12)13/h8-9H,3-7H2,1-2H3. The van der Waals surface area contributed by atoms with Gasteiger partial charge in [0.15, 0.2) is 0 Å². The average molecular weight is 284 g/mol. The molecule has 84 valence electrons. The predicted molar refractivity (Wildman–Crippen MR) is 62.6 cm³/mol. The minimum absolute atomic E-state index is 0.281. The van der Waals surface area contributed by atoms with Crippen LogP contribution in [0.5, 0.6) is 0 Å². The van der Waals surface area contributed by atoms with Gasteiger partial charge in [-0.15, -0.1) is 0 Å². The van der Waals surface area contributed by atoms with E-state index in [1.807, 2.05) is 0 Å². The molecule has 0 radical (unpaired) electrons. The van der Waals surface area contributed by atoms with Crippen molar-refractivity contribution in [1.29, 1.82) is 0 Å². The second-order valence-electron chi connectivity index (χ2n) is 4.15. The first kappa shape index (κ1) is 12.5. The Balaban J connectivity index is 2.45. The minimum atomic E-state index is -2.82. The van der Waals surface area contributed by atoms with Crippen LogP contribution in [0.4, 0.5) is 0 Å². The van der Waals surface area contributed by atoms with Crippen molar-refractivity contribution in [3.8, 4) is 0 Å². The number of halogens is 1. The highest BCUT2D eigenvalue weighted by molar-refractivity contribution is 9.09. The molecule has 1 saturated heterocycles. The van der Waals surface area contributed by atoms with Gasteiger partial charge in [0, 0.05) is 24.2 Å². The molecule has 0 amide bonds. The molecule has 1 aliphatic heterocycles. The number of hydrogen-bond acceptors (Lipinski definition) is 3. The molecule has 1 rings (SSSR count). The first-order valence-electron chi connectivity index (χ1n) is 4.92. The molecule has 1 heterocycles. The topological polar surface area (TPSA) is 37.4 Å². The summed E-state index contributed by atoms with van der Waals surface area (Å²) < 4.78 is 22.1. The van der Waals surface area contributed by atoms with Gasteiger partial charge in [0.1, 0.15) is 9.84 Å². The quantitative estimate of drug-likeness (QED) is 0.726. The summed E-state index contributed by atoms with van der Waals surface area (Å²) in [5.74, 6) is 0.956. The summed E-state index contributed by atoms with van der Waals surface area (Å²) in [6.07, 6.45) is 2.48. The van der Waals surface area contributed by atoms with Gasteiger partial charge in [0.05, 0.1) is 5.75 Å². The van der Waals surface area contributed by atoms with Crippen LogP contribution in [0, 0.1) is 5.92 Å². The number of nitrogens with zero attached hydrogens (tertiary/aromatic N) is 1. The van der Waals surface area contributed by atoms with Crippen LogP contribution in [-0.2, 0) is 9.84 Å². The first-order chi connectivity index (χ1) is 6.44. The van der Waals surface area contributed by atoms with Crippen LogP contribution in [0.25, 0.3) is 0 Å². The molecule has 0 saturated carbocycles. The van der Waals surface area contributed by atoms with Gasteiger partial charge in [0.25, 0.3) is 0 Å². The summed E-state index contributed by atoms with van der Waals surface area (Å²) in [6, 6.07) is 0.511. The fourth-order valence-electron chi connectivity index (χ4n) is 1.90. The van der Waals surface area contributed by atoms with Crippen molar-refractivity contribution in [3.63, 3.8) is 0 Å². The lowest BCUT2D eigenvalue weighted by atomic mass is 10.1. The molecule has 0 aromatic heterocycles. The first-order valence-corrected chi connectivity index (χ1v) is 8.10. The van der Waals surface area contributed by atoms with E-state index in [0.29, 0.717) is 18.5 Å². The second-order valence-corrected chi connectivity index (χ2v) is 7.06. The van der Waals surface area contributed by atoms with E-state index in [1.165, 1.54) is 12.7 Å².